The van der Waals surface area contributed by atoms with Gasteiger partial charge >= 0.3 is 5.97 Å². The molecule has 11 nitrogen and oxygen atoms in total. The molecule has 278 valence electrons. The lowest BCUT2D eigenvalue weighted by molar-refractivity contribution is -0.384. The van der Waals surface area contributed by atoms with Crippen LogP contribution in [0.3, 0.4) is 0 Å². The van der Waals surface area contributed by atoms with Crippen molar-refractivity contribution in [2.45, 2.75) is 65.5 Å². The summed E-state index contributed by atoms with van der Waals surface area (Å²) in [4.78, 5) is 23.8. The van der Waals surface area contributed by atoms with Gasteiger partial charge in [0.1, 0.15) is 18.2 Å². The highest BCUT2D eigenvalue weighted by atomic mass is 32.2. The molecule has 2 atom stereocenters. The Bertz CT molecular complexity index is 1590. The molecule has 0 aromatic heterocycles. The fraction of sp³-hybridized carbons (Fsp3) is 0.457. The number of esters is 1. The third-order valence-electron chi connectivity index (χ3n) is 7.13. The van der Waals surface area contributed by atoms with Crippen LogP contribution in [0.5, 0.6) is 5.75 Å². The van der Waals surface area contributed by atoms with E-state index < -0.39 is 44.5 Å². The number of nitro groups is 1. The van der Waals surface area contributed by atoms with Gasteiger partial charge in [-0.1, -0.05) is 39.8 Å². The number of rotatable bonds is 18. The summed E-state index contributed by atoms with van der Waals surface area (Å²) in [5.41, 5.74) is 0.864. The van der Waals surface area contributed by atoms with E-state index in [0.717, 1.165) is 36.7 Å². The number of non-ortho nitro benzene ring substituents is 1. The number of hydrogen-bond acceptors (Lipinski definition) is 9. The van der Waals surface area contributed by atoms with Gasteiger partial charge in [-0.3, -0.25) is 10.1 Å². The van der Waals surface area contributed by atoms with Crippen LogP contribution in [0.1, 0.15) is 52.7 Å². The zero-order valence-corrected chi connectivity index (χ0v) is 29.1. The summed E-state index contributed by atoms with van der Waals surface area (Å²) >= 11 is 0. The van der Waals surface area contributed by atoms with Gasteiger partial charge in [0.2, 0.25) is 10.0 Å². The highest BCUT2D eigenvalue weighted by Crippen LogP contribution is 2.18. The maximum Gasteiger partial charge on any atom is 0.335 e. The molecule has 50 heavy (non-hydrogen) atoms. The van der Waals surface area contributed by atoms with E-state index in [1.54, 1.807) is 38.1 Å². The van der Waals surface area contributed by atoms with E-state index in [2.05, 4.69) is 18.6 Å². The molecule has 3 aromatic carbocycles. The Hall–Kier alpha value is -4.05. The molecule has 0 aliphatic carbocycles. The summed E-state index contributed by atoms with van der Waals surface area (Å²) in [6.45, 7) is 9.56. The second kappa shape index (κ2) is 21.9. The first kappa shape index (κ1) is 44.0. The van der Waals surface area contributed by atoms with E-state index in [1.165, 1.54) is 12.1 Å². The van der Waals surface area contributed by atoms with Crippen LogP contribution in [0, 0.1) is 33.5 Å². The topological polar surface area (TPSA) is 137 Å². The Labute approximate surface area is 292 Å². The van der Waals surface area contributed by atoms with E-state index in [4.69, 9.17) is 14.2 Å². The van der Waals surface area contributed by atoms with Gasteiger partial charge in [0, 0.05) is 56.4 Å². The molecule has 0 aliphatic heterocycles. The van der Waals surface area contributed by atoms with Crippen molar-refractivity contribution >= 4 is 21.7 Å². The molecule has 0 saturated carbocycles. The number of nitrogens with one attached hydrogen (secondary N) is 1. The van der Waals surface area contributed by atoms with Gasteiger partial charge in [-0.05, 0) is 62.7 Å². The number of sulfonamides is 1. The standard InChI is InChI=1S/C21H26N2O8S.C13H18F3N.CH4/c1-3-29-20(21(24)30-4-2)15-16-5-9-18(10-6-16)31-14-13-22-32(27,28)19-11-7-17(8-12-19)23(25)26;1-4-9(2)7-17(3)8-10-5-12(15)13(16)6-11(10)14;/h5-12,20,22H,3-4,13-15H2,1-2H3;5-6,9H,4,7-8H2,1-3H3;1H4/t20-;9-;/m11./s1. The fourth-order valence-corrected chi connectivity index (χ4v) is 5.47. The third-order valence-corrected chi connectivity index (χ3v) is 8.61. The van der Waals surface area contributed by atoms with Gasteiger partial charge in [0.25, 0.3) is 5.69 Å². The molecule has 3 aromatic rings. The average molecular weight is 728 g/mol. The van der Waals surface area contributed by atoms with E-state index in [-0.39, 0.29) is 49.9 Å². The zero-order valence-electron chi connectivity index (χ0n) is 28.3. The van der Waals surface area contributed by atoms with Crippen LogP contribution in [0.15, 0.2) is 65.6 Å². The number of ether oxygens (including phenoxy) is 3. The van der Waals surface area contributed by atoms with E-state index in [1.807, 2.05) is 11.9 Å². The summed E-state index contributed by atoms with van der Waals surface area (Å²) < 4.78 is 82.0. The van der Waals surface area contributed by atoms with Crippen molar-refractivity contribution < 1.29 is 45.5 Å². The molecule has 0 bridgehead atoms. The minimum absolute atomic E-state index is 0. The van der Waals surface area contributed by atoms with Crippen LogP contribution < -0.4 is 9.46 Å². The van der Waals surface area contributed by atoms with Gasteiger partial charge < -0.3 is 19.1 Å². The summed E-state index contributed by atoms with van der Waals surface area (Å²) in [6, 6.07) is 13.2. The second-order valence-electron chi connectivity index (χ2n) is 11.1. The van der Waals surface area contributed by atoms with Crippen molar-refractivity contribution in [2.75, 3.05) is 40.0 Å². The summed E-state index contributed by atoms with van der Waals surface area (Å²) in [6.07, 6.45) is 0.715. The van der Waals surface area contributed by atoms with Crippen LogP contribution >= 0.6 is 0 Å². The number of carbonyl (C=O) groups is 1. The Morgan fingerprint density at radius 3 is 2.14 bits per heavy atom. The molecule has 15 heteroatoms. The van der Waals surface area contributed by atoms with Crippen LogP contribution in [0.25, 0.3) is 0 Å². The molecule has 3 rings (SSSR count). The molecule has 0 heterocycles. The average Bonchev–Trinajstić information content (AvgIpc) is 3.06. The molecule has 0 amide bonds. The van der Waals surface area contributed by atoms with Crippen molar-refractivity contribution in [3.63, 3.8) is 0 Å². The maximum atomic E-state index is 13.4. The number of benzene rings is 3. The van der Waals surface area contributed by atoms with Crippen molar-refractivity contribution in [1.29, 1.82) is 0 Å². The fourth-order valence-electron chi connectivity index (χ4n) is 4.46. The van der Waals surface area contributed by atoms with Gasteiger partial charge in [0.05, 0.1) is 16.4 Å². The maximum absolute atomic E-state index is 13.4. The Morgan fingerprint density at radius 1 is 0.960 bits per heavy atom. The molecule has 0 unspecified atom stereocenters. The molecule has 0 saturated heterocycles. The van der Waals surface area contributed by atoms with Crippen molar-refractivity contribution in [3.05, 3.63) is 99.4 Å². The predicted molar refractivity (Wildman–Crippen MR) is 185 cm³/mol. The van der Waals surface area contributed by atoms with Crippen molar-refractivity contribution in [2.24, 2.45) is 5.92 Å². The summed E-state index contributed by atoms with van der Waals surface area (Å²) in [5.74, 6) is -2.22. The smallest absolute Gasteiger partial charge is 0.335 e. The number of nitro benzene ring substituents is 1. The van der Waals surface area contributed by atoms with Gasteiger partial charge in [-0.25, -0.2) is 31.1 Å². The zero-order chi connectivity index (χ0) is 36.6. The molecule has 1 N–H and O–H groups in total. The second-order valence-corrected chi connectivity index (χ2v) is 12.9. The largest absolute Gasteiger partial charge is 0.492 e. The third kappa shape index (κ3) is 14.8. The molecular formula is C35H48F3N3O8S. The first-order valence-electron chi connectivity index (χ1n) is 15.8. The molecule has 0 aliphatic rings. The monoisotopic (exact) mass is 727 g/mol. The van der Waals surface area contributed by atoms with E-state index in [9.17, 15) is 36.5 Å². The van der Waals surface area contributed by atoms with Crippen LogP contribution in [-0.2, 0) is 37.3 Å². The minimum Gasteiger partial charge on any atom is -0.492 e. The predicted octanol–water partition coefficient (Wildman–Crippen LogP) is 6.68. The minimum atomic E-state index is -3.81. The Morgan fingerprint density at radius 2 is 1.58 bits per heavy atom. The van der Waals surface area contributed by atoms with Crippen molar-refractivity contribution in [1.82, 2.24) is 9.62 Å². The van der Waals surface area contributed by atoms with E-state index >= 15 is 0 Å². The van der Waals surface area contributed by atoms with Gasteiger partial charge in [-0.2, -0.15) is 0 Å². The number of nitrogens with zero attached hydrogens (tertiary/aromatic N) is 2. The number of hydrogen-bond donors (Lipinski definition) is 1. The first-order chi connectivity index (χ1) is 23.2. The van der Waals surface area contributed by atoms with Crippen LogP contribution in [-0.4, -0.2) is 70.3 Å². The molecular weight excluding hydrogens is 679 g/mol. The molecule has 0 spiro atoms. The number of carbonyl (C=O) groups excluding carboxylic acids is 1. The van der Waals surface area contributed by atoms with Gasteiger partial charge in [-0.15, -0.1) is 0 Å². The van der Waals surface area contributed by atoms with Gasteiger partial charge in [0.15, 0.2) is 17.7 Å². The Balaban J connectivity index is 0.000000587. The number of halogens is 3. The quantitative estimate of drug-likeness (QED) is 0.0500. The summed E-state index contributed by atoms with van der Waals surface area (Å²) in [7, 11) is -1.97. The van der Waals surface area contributed by atoms with E-state index in [0.29, 0.717) is 30.8 Å². The Kier molecular flexibility index (Phi) is 19.3. The lowest BCUT2D eigenvalue weighted by Crippen LogP contribution is -2.29. The molecule has 0 radical (unpaired) electrons. The highest BCUT2D eigenvalue weighted by molar-refractivity contribution is 7.89. The van der Waals surface area contributed by atoms with Crippen LogP contribution in [0.4, 0.5) is 18.9 Å². The lowest BCUT2D eigenvalue weighted by Gasteiger charge is -2.20. The van der Waals surface area contributed by atoms with Crippen molar-refractivity contribution in [3.8, 4) is 5.75 Å². The molecule has 0 fully saturated rings. The SMILES string of the molecule is C.CCOC(=O)[C@@H](Cc1ccc(OCCNS(=O)(=O)c2ccc([N+](=O)[O-])cc2)cc1)OCC.CC[C@@H](C)CN(C)Cc1cc(F)c(F)cc1F. The summed E-state index contributed by atoms with van der Waals surface area (Å²) in [5, 5.41) is 10.7. The van der Waals surface area contributed by atoms with Crippen LogP contribution in [0.2, 0.25) is 0 Å². The normalized spacial score (nSPS) is 12.3. The highest BCUT2D eigenvalue weighted by Gasteiger charge is 2.21. The lowest BCUT2D eigenvalue weighted by atomic mass is 10.1. The first-order valence-corrected chi connectivity index (χ1v) is 17.2.